The summed E-state index contributed by atoms with van der Waals surface area (Å²) in [6.07, 6.45) is 4.02. The Kier molecular flexibility index (Phi) is 4.69. The van der Waals surface area contributed by atoms with Crippen LogP contribution in [0.1, 0.15) is 26.7 Å². The Bertz CT molecular complexity index is 699. The molecule has 0 aromatic heterocycles. The summed E-state index contributed by atoms with van der Waals surface area (Å²) in [6.45, 7) is 11.5. The fourth-order valence-electron chi connectivity index (χ4n) is 4.26. The summed E-state index contributed by atoms with van der Waals surface area (Å²) in [5.74, 6) is -1.02. The Hall–Kier alpha value is -2.14. The number of esters is 2. The Morgan fingerprint density at radius 3 is 2.84 bits per heavy atom. The minimum Gasteiger partial charge on any atom is -0.458 e. The molecule has 2 fully saturated rings. The van der Waals surface area contributed by atoms with Gasteiger partial charge in [0.25, 0.3) is 0 Å². The molecule has 5 nitrogen and oxygen atoms in total. The van der Waals surface area contributed by atoms with E-state index in [1.807, 2.05) is 6.92 Å². The number of carbonyl (C=O) groups excluding carboxylic acids is 2. The SMILES string of the molecule is C=C1CC(OC(=O)/C(C)=C/CO)C2C(=C)C(=O)OC2C2C(C)=CCC12. The normalized spacial score (nSPS) is 34.8. The number of hydrogen-bond acceptors (Lipinski definition) is 5. The highest BCUT2D eigenvalue weighted by Crippen LogP contribution is 2.50. The van der Waals surface area contributed by atoms with E-state index < -0.39 is 18.0 Å². The van der Waals surface area contributed by atoms with E-state index >= 15 is 0 Å². The van der Waals surface area contributed by atoms with Crippen molar-refractivity contribution in [1.82, 2.24) is 0 Å². The maximum absolute atomic E-state index is 12.3. The predicted octanol–water partition coefficient (Wildman–Crippen LogP) is 2.48. The first-order chi connectivity index (χ1) is 11.8. The van der Waals surface area contributed by atoms with Crippen molar-refractivity contribution in [2.45, 2.75) is 38.9 Å². The second-order valence-corrected chi connectivity index (χ2v) is 7.11. The molecule has 1 saturated carbocycles. The first-order valence-electron chi connectivity index (χ1n) is 8.57. The maximum Gasteiger partial charge on any atom is 0.334 e. The number of rotatable bonds is 3. The van der Waals surface area contributed by atoms with Crippen molar-refractivity contribution in [3.63, 3.8) is 0 Å². The molecule has 0 aromatic carbocycles. The number of carbonyl (C=O) groups is 2. The fourth-order valence-corrected chi connectivity index (χ4v) is 4.26. The molecule has 5 unspecified atom stereocenters. The van der Waals surface area contributed by atoms with Gasteiger partial charge in [-0.2, -0.15) is 0 Å². The minimum absolute atomic E-state index is 0.0680. The van der Waals surface area contributed by atoms with Crippen LogP contribution in [0, 0.1) is 17.8 Å². The summed E-state index contributed by atoms with van der Waals surface area (Å²) in [6, 6.07) is 0. The van der Waals surface area contributed by atoms with Gasteiger partial charge in [0.2, 0.25) is 0 Å². The molecule has 5 atom stereocenters. The highest BCUT2D eigenvalue weighted by Gasteiger charge is 2.54. The highest BCUT2D eigenvalue weighted by molar-refractivity contribution is 5.92. The number of hydrogen-bond donors (Lipinski definition) is 1. The van der Waals surface area contributed by atoms with Crippen molar-refractivity contribution in [2.24, 2.45) is 17.8 Å². The summed E-state index contributed by atoms with van der Waals surface area (Å²) in [4.78, 5) is 24.5. The second-order valence-electron chi connectivity index (χ2n) is 7.11. The van der Waals surface area contributed by atoms with E-state index in [1.54, 1.807) is 6.92 Å². The molecule has 5 heteroatoms. The summed E-state index contributed by atoms with van der Waals surface area (Å²) in [7, 11) is 0. The summed E-state index contributed by atoms with van der Waals surface area (Å²) < 4.78 is 11.3. The molecule has 1 heterocycles. The van der Waals surface area contributed by atoms with Gasteiger partial charge in [-0.15, -0.1) is 0 Å². The van der Waals surface area contributed by atoms with Crippen LogP contribution < -0.4 is 0 Å². The molecule has 1 aliphatic heterocycles. The molecular weight excluding hydrogens is 320 g/mol. The zero-order valence-electron chi connectivity index (χ0n) is 14.7. The van der Waals surface area contributed by atoms with Crippen LogP contribution in [0.4, 0.5) is 0 Å². The van der Waals surface area contributed by atoms with Gasteiger partial charge in [0.1, 0.15) is 12.2 Å². The Morgan fingerprint density at radius 2 is 2.16 bits per heavy atom. The van der Waals surface area contributed by atoms with Crippen molar-refractivity contribution < 1.29 is 24.2 Å². The van der Waals surface area contributed by atoms with E-state index in [2.05, 4.69) is 19.2 Å². The van der Waals surface area contributed by atoms with Crippen LogP contribution in [0.25, 0.3) is 0 Å². The summed E-state index contributed by atoms with van der Waals surface area (Å²) in [5, 5.41) is 8.96. The van der Waals surface area contributed by atoms with Crippen molar-refractivity contribution >= 4 is 11.9 Å². The molecule has 1 N–H and O–H groups in total. The van der Waals surface area contributed by atoms with Gasteiger partial charge in [0.15, 0.2) is 0 Å². The molecule has 0 aromatic rings. The van der Waals surface area contributed by atoms with Gasteiger partial charge < -0.3 is 14.6 Å². The Morgan fingerprint density at radius 1 is 1.44 bits per heavy atom. The number of ether oxygens (including phenoxy) is 2. The quantitative estimate of drug-likeness (QED) is 0.484. The van der Waals surface area contributed by atoms with Crippen LogP contribution in [0.3, 0.4) is 0 Å². The van der Waals surface area contributed by atoms with Crippen LogP contribution in [-0.4, -0.2) is 35.9 Å². The van der Waals surface area contributed by atoms with Gasteiger partial charge >= 0.3 is 11.9 Å². The van der Waals surface area contributed by atoms with Crippen molar-refractivity contribution in [3.05, 3.63) is 47.6 Å². The van der Waals surface area contributed by atoms with Crippen LogP contribution in [0.2, 0.25) is 0 Å². The van der Waals surface area contributed by atoms with E-state index in [-0.39, 0.29) is 30.5 Å². The molecule has 1 saturated heterocycles. The Labute approximate surface area is 147 Å². The van der Waals surface area contributed by atoms with Crippen LogP contribution in [0.15, 0.2) is 47.6 Å². The monoisotopic (exact) mass is 344 g/mol. The van der Waals surface area contributed by atoms with Crippen LogP contribution >= 0.6 is 0 Å². The lowest BCUT2D eigenvalue weighted by atomic mass is 9.80. The van der Waals surface area contributed by atoms with Gasteiger partial charge in [-0.3, -0.25) is 0 Å². The number of allylic oxidation sites excluding steroid dienone is 1. The lowest BCUT2D eigenvalue weighted by Crippen LogP contribution is -2.36. The third-order valence-electron chi connectivity index (χ3n) is 5.63. The van der Waals surface area contributed by atoms with Gasteiger partial charge in [0, 0.05) is 23.5 Å². The topological polar surface area (TPSA) is 72.8 Å². The summed E-state index contributed by atoms with van der Waals surface area (Å²) in [5.41, 5.74) is 2.89. The van der Waals surface area contributed by atoms with E-state index in [1.165, 1.54) is 11.6 Å². The average molecular weight is 344 g/mol. The highest BCUT2D eigenvalue weighted by atomic mass is 16.6. The molecule has 3 aliphatic rings. The molecule has 134 valence electrons. The van der Waals surface area contributed by atoms with Gasteiger partial charge in [-0.05, 0) is 32.3 Å². The van der Waals surface area contributed by atoms with Crippen LogP contribution in [-0.2, 0) is 19.1 Å². The number of aliphatic hydroxyl groups is 1. The average Bonchev–Trinajstić information content (AvgIpc) is 3.03. The standard InChI is InChI=1S/C20H24O5/c1-10-5-6-14-12(3)9-15(24-19(22)11(2)7-8-21)17-13(4)20(23)25-18(17)16(10)14/h5,7,14-18,21H,3-4,6,8-9H2,1-2H3/b11-7+. The van der Waals surface area contributed by atoms with Gasteiger partial charge in [-0.1, -0.05) is 30.4 Å². The molecule has 0 bridgehead atoms. The van der Waals surface area contributed by atoms with E-state index in [0.29, 0.717) is 17.6 Å². The fraction of sp³-hybridized carbons (Fsp3) is 0.500. The number of fused-ring (bicyclic) bond motifs is 3. The maximum atomic E-state index is 12.3. The first kappa shape index (κ1) is 17.7. The molecular formula is C20H24O5. The zero-order chi connectivity index (χ0) is 18.3. The molecule has 0 radical (unpaired) electrons. The largest absolute Gasteiger partial charge is 0.458 e. The van der Waals surface area contributed by atoms with Gasteiger partial charge in [0.05, 0.1) is 12.5 Å². The van der Waals surface area contributed by atoms with Crippen molar-refractivity contribution in [2.75, 3.05) is 6.61 Å². The predicted molar refractivity (Wildman–Crippen MR) is 92.3 cm³/mol. The van der Waals surface area contributed by atoms with Crippen molar-refractivity contribution in [1.29, 1.82) is 0 Å². The van der Waals surface area contributed by atoms with E-state index in [4.69, 9.17) is 14.6 Å². The Balaban J connectivity index is 1.93. The van der Waals surface area contributed by atoms with Gasteiger partial charge in [-0.25, -0.2) is 9.59 Å². The van der Waals surface area contributed by atoms with E-state index in [9.17, 15) is 9.59 Å². The molecule has 0 amide bonds. The zero-order valence-corrected chi connectivity index (χ0v) is 14.7. The smallest absolute Gasteiger partial charge is 0.334 e. The summed E-state index contributed by atoms with van der Waals surface area (Å²) >= 11 is 0. The molecule has 25 heavy (non-hydrogen) atoms. The lowest BCUT2D eigenvalue weighted by Gasteiger charge is -2.28. The third-order valence-corrected chi connectivity index (χ3v) is 5.63. The van der Waals surface area contributed by atoms with Crippen molar-refractivity contribution in [3.8, 4) is 0 Å². The molecule has 0 spiro atoms. The second kappa shape index (κ2) is 6.64. The van der Waals surface area contributed by atoms with E-state index in [0.717, 1.165) is 12.0 Å². The number of aliphatic hydroxyl groups excluding tert-OH is 1. The molecule has 2 aliphatic carbocycles. The third kappa shape index (κ3) is 2.97. The minimum atomic E-state index is -0.538. The first-order valence-corrected chi connectivity index (χ1v) is 8.57. The van der Waals surface area contributed by atoms with Crippen LogP contribution in [0.5, 0.6) is 0 Å². The molecule has 3 rings (SSSR count). The lowest BCUT2D eigenvalue weighted by molar-refractivity contribution is -0.148.